The van der Waals surface area contributed by atoms with Crippen LogP contribution >= 0.6 is 0 Å². The van der Waals surface area contributed by atoms with Crippen LogP contribution in [0.4, 0.5) is 0 Å². The maximum Gasteiger partial charge on any atom is 0.166 e. The van der Waals surface area contributed by atoms with Crippen LogP contribution < -0.4 is 0 Å². The molecule has 0 aromatic heterocycles. The SMILES string of the molecule is CC1CC2C(CC1C(=O)c1ccccc1)C(C)(C)CCC2(C)C. The summed E-state index contributed by atoms with van der Waals surface area (Å²) in [6, 6.07) is 9.92. The highest BCUT2D eigenvalue weighted by molar-refractivity contribution is 5.98. The Bertz CT molecular complexity index is 569. The summed E-state index contributed by atoms with van der Waals surface area (Å²) in [6.07, 6.45) is 4.91. The van der Waals surface area contributed by atoms with Crippen molar-refractivity contribution in [3.8, 4) is 0 Å². The lowest BCUT2D eigenvalue weighted by atomic mass is 9.48. The summed E-state index contributed by atoms with van der Waals surface area (Å²) in [5, 5.41) is 0. The molecule has 2 aliphatic carbocycles. The van der Waals surface area contributed by atoms with Crippen molar-refractivity contribution >= 4 is 5.78 Å². The lowest BCUT2D eigenvalue weighted by Gasteiger charge is -2.57. The van der Waals surface area contributed by atoms with Gasteiger partial charge in [0.05, 0.1) is 0 Å². The molecule has 0 saturated heterocycles. The van der Waals surface area contributed by atoms with Crippen LogP contribution in [0.3, 0.4) is 0 Å². The molecule has 0 aliphatic heterocycles. The molecule has 0 amide bonds. The quantitative estimate of drug-likeness (QED) is 0.613. The normalized spacial score (nSPS) is 35.3. The monoisotopic (exact) mass is 312 g/mol. The number of benzene rings is 1. The number of fused-ring (bicyclic) bond motifs is 1. The topological polar surface area (TPSA) is 17.1 Å². The third-order valence-corrected chi connectivity index (χ3v) is 7.12. The number of Topliss-reactive ketones (excluding diaryl/α,β-unsaturated/α-hetero) is 1. The van der Waals surface area contributed by atoms with Crippen LogP contribution in [-0.4, -0.2) is 5.78 Å². The Balaban J connectivity index is 1.87. The number of hydrogen-bond donors (Lipinski definition) is 0. The van der Waals surface area contributed by atoms with Crippen molar-refractivity contribution in [1.29, 1.82) is 0 Å². The molecule has 0 heterocycles. The molecule has 126 valence electrons. The van der Waals surface area contributed by atoms with Gasteiger partial charge in [-0.05, 0) is 54.3 Å². The summed E-state index contributed by atoms with van der Waals surface area (Å²) in [5.74, 6) is 2.51. The fourth-order valence-electron chi connectivity index (χ4n) is 5.32. The average Bonchev–Trinajstić information content (AvgIpc) is 2.52. The minimum absolute atomic E-state index is 0.201. The number of ketones is 1. The molecule has 0 radical (unpaired) electrons. The largest absolute Gasteiger partial charge is 0.294 e. The smallest absolute Gasteiger partial charge is 0.166 e. The molecular weight excluding hydrogens is 280 g/mol. The van der Waals surface area contributed by atoms with Crippen LogP contribution in [0.25, 0.3) is 0 Å². The maximum absolute atomic E-state index is 13.1. The molecule has 0 bridgehead atoms. The maximum atomic E-state index is 13.1. The molecule has 3 rings (SSSR count). The van der Waals surface area contributed by atoms with Crippen LogP contribution in [0.2, 0.25) is 0 Å². The zero-order valence-electron chi connectivity index (χ0n) is 15.4. The van der Waals surface area contributed by atoms with E-state index in [1.807, 2.05) is 30.3 Å². The molecule has 1 heteroatoms. The average molecular weight is 312 g/mol. The van der Waals surface area contributed by atoms with Crippen LogP contribution in [0, 0.1) is 34.5 Å². The third-order valence-electron chi connectivity index (χ3n) is 7.12. The highest BCUT2D eigenvalue weighted by atomic mass is 16.1. The first-order valence-electron chi connectivity index (χ1n) is 9.31. The van der Waals surface area contributed by atoms with Crippen LogP contribution in [0.5, 0.6) is 0 Å². The molecule has 1 aromatic rings. The standard InChI is InChI=1S/C22H32O/c1-15-13-18-19(22(4,5)12-11-21(18,2)3)14-17(15)20(23)16-9-7-6-8-10-16/h6-10,15,17-19H,11-14H2,1-5H3. The van der Waals surface area contributed by atoms with Gasteiger partial charge in [0, 0.05) is 11.5 Å². The van der Waals surface area contributed by atoms with Gasteiger partial charge in [0.25, 0.3) is 0 Å². The van der Waals surface area contributed by atoms with Crippen molar-refractivity contribution in [3.63, 3.8) is 0 Å². The van der Waals surface area contributed by atoms with E-state index in [0.717, 1.165) is 17.9 Å². The third kappa shape index (κ3) is 2.99. The highest BCUT2D eigenvalue weighted by Crippen LogP contribution is 2.59. The van der Waals surface area contributed by atoms with Gasteiger partial charge in [-0.2, -0.15) is 0 Å². The fraction of sp³-hybridized carbons (Fsp3) is 0.682. The van der Waals surface area contributed by atoms with E-state index < -0.39 is 0 Å². The van der Waals surface area contributed by atoms with Crippen molar-refractivity contribution in [2.45, 2.75) is 60.3 Å². The number of rotatable bonds is 2. The summed E-state index contributed by atoms with van der Waals surface area (Å²) in [6.45, 7) is 12.1. The minimum Gasteiger partial charge on any atom is -0.294 e. The molecule has 2 fully saturated rings. The molecule has 1 aromatic carbocycles. The second-order valence-electron chi connectivity index (χ2n) is 9.48. The lowest BCUT2D eigenvalue weighted by molar-refractivity contribution is -0.0694. The van der Waals surface area contributed by atoms with Gasteiger partial charge >= 0.3 is 0 Å². The van der Waals surface area contributed by atoms with E-state index in [4.69, 9.17) is 0 Å². The first-order chi connectivity index (χ1) is 10.7. The van der Waals surface area contributed by atoms with E-state index in [9.17, 15) is 4.79 Å². The fourth-order valence-corrected chi connectivity index (χ4v) is 5.32. The van der Waals surface area contributed by atoms with E-state index in [1.165, 1.54) is 19.3 Å². The van der Waals surface area contributed by atoms with E-state index in [0.29, 0.717) is 28.4 Å². The zero-order valence-corrected chi connectivity index (χ0v) is 15.4. The van der Waals surface area contributed by atoms with E-state index in [1.54, 1.807) is 0 Å². The second-order valence-corrected chi connectivity index (χ2v) is 9.48. The van der Waals surface area contributed by atoms with Gasteiger partial charge in [-0.1, -0.05) is 65.0 Å². The second kappa shape index (κ2) is 5.76. The molecule has 2 saturated carbocycles. The van der Waals surface area contributed by atoms with Crippen molar-refractivity contribution in [1.82, 2.24) is 0 Å². The summed E-state index contributed by atoms with van der Waals surface area (Å²) >= 11 is 0. The van der Waals surface area contributed by atoms with Crippen molar-refractivity contribution in [2.75, 3.05) is 0 Å². The summed E-state index contributed by atoms with van der Waals surface area (Å²) in [7, 11) is 0. The van der Waals surface area contributed by atoms with Gasteiger partial charge in [-0.25, -0.2) is 0 Å². The molecule has 1 nitrogen and oxygen atoms in total. The van der Waals surface area contributed by atoms with E-state index in [-0.39, 0.29) is 5.92 Å². The Morgan fingerprint density at radius 3 is 2.00 bits per heavy atom. The van der Waals surface area contributed by atoms with Gasteiger partial charge in [0.2, 0.25) is 0 Å². The van der Waals surface area contributed by atoms with E-state index >= 15 is 0 Å². The molecule has 4 atom stereocenters. The summed E-state index contributed by atoms with van der Waals surface area (Å²) in [5.41, 5.74) is 1.70. The van der Waals surface area contributed by atoms with Crippen molar-refractivity contribution < 1.29 is 4.79 Å². The van der Waals surface area contributed by atoms with Crippen molar-refractivity contribution in [2.24, 2.45) is 34.5 Å². The van der Waals surface area contributed by atoms with Crippen LogP contribution in [-0.2, 0) is 0 Å². The number of carbonyl (C=O) groups is 1. The molecular formula is C22H32O. The molecule has 0 N–H and O–H groups in total. The Morgan fingerprint density at radius 1 is 0.913 bits per heavy atom. The minimum atomic E-state index is 0.201. The Kier molecular flexibility index (Phi) is 4.19. The summed E-state index contributed by atoms with van der Waals surface area (Å²) < 4.78 is 0. The van der Waals surface area contributed by atoms with Gasteiger partial charge < -0.3 is 0 Å². The predicted molar refractivity (Wildman–Crippen MR) is 96.4 cm³/mol. The van der Waals surface area contributed by atoms with Gasteiger partial charge in [0.1, 0.15) is 0 Å². The predicted octanol–water partition coefficient (Wildman–Crippen LogP) is 5.99. The van der Waals surface area contributed by atoms with Gasteiger partial charge in [0.15, 0.2) is 5.78 Å². The zero-order chi connectivity index (χ0) is 16.8. The molecule has 23 heavy (non-hydrogen) atoms. The first-order valence-corrected chi connectivity index (χ1v) is 9.31. The van der Waals surface area contributed by atoms with Crippen molar-refractivity contribution in [3.05, 3.63) is 35.9 Å². The Hall–Kier alpha value is -1.11. The highest BCUT2D eigenvalue weighted by Gasteiger charge is 2.52. The Labute approximate surface area is 141 Å². The summed E-state index contributed by atoms with van der Waals surface area (Å²) in [4.78, 5) is 13.1. The number of carbonyl (C=O) groups excluding carboxylic acids is 1. The van der Waals surface area contributed by atoms with Gasteiger partial charge in [-0.3, -0.25) is 4.79 Å². The first kappa shape index (κ1) is 16.7. The van der Waals surface area contributed by atoms with Crippen LogP contribution in [0.1, 0.15) is 70.7 Å². The van der Waals surface area contributed by atoms with Gasteiger partial charge in [-0.15, -0.1) is 0 Å². The molecule has 2 aliphatic rings. The van der Waals surface area contributed by atoms with Crippen LogP contribution in [0.15, 0.2) is 30.3 Å². The molecule has 4 unspecified atom stereocenters. The Morgan fingerprint density at radius 2 is 1.43 bits per heavy atom. The molecule has 0 spiro atoms. The lowest BCUT2D eigenvalue weighted by Crippen LogP contribution is -2.50. The van der Waals surface area contributed by atoms with E-state index in [2.05, 4.69) is 34.6 Å². The number of hydrogen-bond acceptors (Lipinski definition) is 1.